The van der Waals surface area contributed by atoms with Gasteiger partial charge in [-0.1, -0.05) is 18.2 Å². The standard InChI is InChI=1S/C18H24N4O2/c1-13-15-6-4-5-7-16(15)18(24)22(19-13)12-17(23)21-10-8-14(9-11-21)20(2)3/h4-7,14H,8-12H2,1-3H3. The van der Waals surface area contributed by atoms with Crippen molar-refractivity contribution >= 4 is 16.7 Å². The maximum Gasteiger partial charge on any atom is 0.275 e. The Morgan fingerprint density at radius 3 is 2.46 bits per heavy atom. The van der Waals surface area contributed by atoms with Gasteiger partial charge in [-0.3, -0.25) is 9.59 Å². The highest BCUT2D eigenvalue weighted by atomic mass is 16.2. The van der Waals surface area contributed by atoms with Gasteiger partial charge in [0.15, 0.2) is 0 Å². The predicted molar refractivity (Wildman–Crippen MR) is 94.0 cm³/mol. The summed E-state index contributed by atoms with van der Waals surface area (Å²) < 4.78 is 1.30. The minimum atomic E-state index is -0.201. The highest BCUT2D eigenvalue weighted by Gasteiger charge is 2.24. The molecule has 6 nitrogen and oxygen atoms in total. The smallest absolute Gasteiger partial charge is 0.275 e. The third-order valence-corrected chi connectivity index (χ3v) is 4.88. The minimum absolute atomic E-state index is 0.0111. The maximum absolute atomic E-state index is 12.6. The summed E-state index contributed by atoms with van der Waals surface area (Å²) in [5.74, 6) is -0.0310. The fourth-order valence-electron chi connectivity index (χ4n) is 3.37. The number of hydrogen-bond acceptors (Lipinski definition) is 4. The molecule has 0 bridgehead atoms. The van der Waals surface area contributed by atoms with E-state index in [1.54, 1.807) is 6.07 Å². The van der Waals surface area contributed by atoms with Crippen molar-refractivity contribution in [3.8, 4) is 0 Å². The van der Waals surface area contributed by atoms with Gasteiger partial charge >= 0.3 is 0 Å². The predicted octanol–water partition coefficient (Wildman–Crippen LogP) is 1.26. The Morgan fingerprint density at radius 2 is 1.83 bits per heavy atom. The van der Waals surface area contributed by atoms with Gasteiger partial charge in [-0.2, -0.15) is 5.10 Å². The van der Waals surface area contributed by atoms with Crippen molar-refractivity contribution in [2.75, 3.05) is 27.2 Å². The molecule has 0 radical (unpaired) electrons. The quantitative estimate of drug-likeness (QED) is 0.851. The first-order chi connectivity index (χ1) is 11.5. The molecule has 3 rings (SSSR count). The number of amides is 1. The number of carbonyl (C=O) groups is 1. The van der Waals surface area contributed by atoms with E-state index in [4.69, 9.17) is 0 Å². The second-order valence-electron chi connectivity index (χ2n) is 6.67. The number of rotatable bonds is 3. The number of carbonyl (C=O) groups excluding carboxylic acids is 1. The van der Waals surface area contributed by atoms with E-state index in [0.29, 0.717) is 11.4 Å². The molecule has 0 spiro atoms. The van der Waals surface area contributed by atoms with E-state index in [2.05, 4.69) is 24.1 Å². The molecule has 1 aliphatic heterocycles. The Kier molecular flexibility index (Phi) is 4.66. The van der Waals surface area contributed by atoms with Crippen molar-refractivity contribution in [3.63, 3.8) is 0 Å². The molecule has 1 fully saturated rings. The summed E-state index contributed by atoms with van der Waals surface area (Å²) in [6.07, 6.45) is 1.94. The molecule has 24 heavy (non-hydrogen) atoms. The minimum Gasteiger partial charge on any atom is -0.341 e. The molecule has 2 aromatic rings. The average molecular weight is 328 g/mol. The zero-order valence-corrected chi connectivity index (χ0v) is 14.5. The van der Waals surface area contributed by atoms with Crippen LogP contribution >= 0.6 is 0 Å². The summed E-state index contributed by atoms with van der Waals surface area (Å²) >= 11 is 0. The lowest BCUT2D eigenvalue weighted by molar-refractivity contribution is -0.133. The summed E-state index contributed by atoms with van der Waals surface area (Å²) in [7, 11) is 4.15. The van der Waals surface area contributed by atoms with Crippen LogP contribution in [0.3, 0.4) is 0 Å². The van der Waals surface area contributed by atoms with E-state index in [1.165, 1.54) is 4.68 Å². The van der Waals surface area contributed by atoms with E-state index in [0.717, 1.165) is 37.0 Å². The van der Waals surface area contributed by atoms with E-state index in [9.17, 15) is 9.59 Å². The maximum atomic E-state index is 12.6. The van der Waals surface area contributed by atoms with Crippen molar-refractivity contribution in [1.82, 2.24) is 19.6 Å². The number of fused-ring (bicyclic) bond motifs is 1. The van der Waals surface area contributed by atoms with Gasteiger partial charge in [0.2, 0.25) is 5.91 Å². The van der Waals surface area contributed by atoms with Gasteiger partial charge in [-0.15, -0.1) is 0 Å². The van der Waals surface area contributed by atoms with Crippen LogP contribution in [-0.4, -0.2) is 58.7 Å². The first-order valence-corrected chi connectivity index (χ1v) is 8.38. The number of likely N-dealkylation sites (tertiary alicyclic amines) is 1. The topological polar surface area (TPSA) is 58.4 Å². The van der Waals surface area contributed by atoms with Crippen molar-refractivity contribution in [2.45, 2.75) is 32.4 Å². The third-order valence-electron chi connectivity index (χ3n) is 4.88. The van der Waals surface area contributed by atoms with Crippen LogP contribution < -0.4 is 5.56 Å². The summed E-state index contributed by atoms with van der Waals surface area (Å²) in [5.41, 5.74) is 0.567. The molecule has 1 aromatic carbocycles. The van der Waals surface area contributed by atoms with Crippen molar-refractivity contribution < 1.29 is 4.79 Å². The zero-order chi connectivity index (χ0) is 17.3. The monoisotopic (exact) mass is 328 g/mol. The highest BCUT2D eigenvalue weighted by Crippen LogP contribution is 2.15. The lowest BCUT2D eigenvalue weighted by atomic mass is 10.0. The van der Waals surface area contributed by atoms with Crippen LogP contribution in [0.1, 0.15) is 18.5 Å². The number of piperidine rings is 1. The Bertz CT molecular complexity index is 804. The molecular formula is C18H24N4O2. The number of nitrogens with zero attached hydrogens (tertiary/aromatic N) is 4. The van der Waals surface area contributed by atoms with Gasteiger partial charge in [0.1, 0.15) is 6.54 Å². The first-order valence-electron chi connectivity index (χ1n) is 8.38. The largest absolute Gasteiger partial charge is 0.341 e. The van der Waals surface area contributed by atoms with Crippen LogP contribution in [0.4, 0.5) is 0 Å². The van der Waals surface area contributed by atoms with Gasteiger partial charge in [0.05, 0.1) is 11.1 Å². The molecule has 1 aromatic heterocycles. The number of aromatic nitrogens is 2. The highest BCUT2D eigenvalue weighted by molar-refractivity contribution is 5.83. The van der Waals surface area contributed by atoms with Gasteiger partial charge in [0, 0.05) is 24.5 Å². The van der Waals surface area contributed by atoms with E-state index < -0.39 is 0 Å². The second-order valence-corrected chi connectivity index (χ2v) is 6.67. The van der Waals surface area contributed by atoms with Crippen molar-refractivity contribution in [3.05, 3.63) is 40.3 Å². The molecule has 0 saturated carbocycles. The fourth-order valence-corrected chi connectivity index (χ4v) is 3.37. The molecule has 6 heteroatoms. The lowest BCUT2D eigenvalue weighted by Crippen LogP contribution is -2.46. The molecule has 128 valence electrons. The van der Waals surface area contributed by atoms with Crippen LogP contribution in [-0.2, 0) is 11.3 Å². The van der Waals surface area contributed by atoms with Crippen LogP contribution in [0, 0.1) is 6.92 Å². The Hall–Kier alpha value is -2.21. The Morgan fingerprint density at radius 1 is 1.21 bits per heavy atom. The molecule has 0 atom stereocenters. The van der Waals surface area contributed by atoms with Crippen LogP contribution in [0.15, 0.2) is 29.1 Å². The molecule has 0 unspecified atom stereocenters. The van der Waals surface area contributed by atoms with Crippen molar-refractivity contribution in [2.24, 2.45) is 0 Å². The summed E-state index contributed by atoms with van der Waals surface area (Å²) in [6.45, 7) is 3.36. The SMILES string of the molecule is Cc1nn(CC(=O)N2CCC(N(C)C)CC2)c(=O)c2ccccc12. The molecule has 0 N–H and O–H groups in total. The number of aryl methyl sites for hydroxylation is 1. The van der Waals surface area contributed by atoms with Crippen LogP contribution in [0.2, 0.25) is 0 Å². The lowest BCUT2D eigenvalue weighted by Gasteiger charge is -2.35. The number of hydrogen-bond donors (Lipinski definition) is 0. The zero-order valence-electron chi connectivity index (χ0n) is 14.5. The van der Waals surface area contributed by atoms with Crippen LogP contribution in [0.5, 0.6) is 0 Å². The molecular weight excluding hydrogens is 304 g/mol. The molecule has 1 amide bonds. The molecule has 2 heterocycles. The van der Waals surface area contributed by atoms with E-state index >= 15 is 0 Å². The van der Waals surface area contributed by atoms with Gasteiger partial charge < -0.3 is 9.80 Å². The molecule has 1 saturated heterocycles. The normalized spacial score (nSPS) is 16.1. The summed E-state index contributed by atoms with van der Waals surface area (Å²) in [5, 5.41) is 5.79. The van der Waals surface area contributed by atoms with E-state index in [1.807, 2.05) is 30.0 Å². The van der Waals surface area contributed by atoms with Crippen LogP contribution in [0.25, 0.3) is 10.8 Å². The fraction of sp³-hybridized carbons (Fsp3) is 0.500. The third kappa shape index (κ3) is 3.19. The summed E-state index contributed by atoms with van der Waals surface area (Å²) in [6, 6.07) is 7.92. The Labute approximate surface area is 141 Å². The first kappa shape index (κ1) is 16.6. The Balaban J connectivity index is 1.77. The van der Waals surface area contributed by atoms with Gasteiger partial charge in [-0.25, -0.2) is 4.68 Å². The molecule has 1 aliphatic rings. The number of benzene rings is 1. The van der Waals surface area contributed by atoms with Crippen molar-refractivity contribution in [1.29, 1.82) is 0 Å². The van der Waals surface area contributed by atoms with Gasteiger partial charge in [-0.05, 0) is 39.9 Å². The van der Waals surface area contributed by atoms with E-state index in [-0.39, 0.29) is 18.0 Å². The summed E-state index contributed by atoms with van der Waals surface area (Å²) in [4.78, 5) is 29.2. The molecule has 0 aliphatic carbocycles. The van der Waals surface area contributed by atoms with Gasteiger partial charge in [0.25, 0.3) is 5.56 Å². The second kappa shape index (κ2) is 6.73. The average Bonchev–Trinajstić information content (AvgIpc) is 2.59.